The molecule has 0 saturated carbocycles. The molecule has 0 aliphatic heterocycles. The Labute approximate surface area is 177 Å². The largest absolute Gasteiger partial charge is 0.460 e. The Bertz CT molecular complexity index is 522. The molecule has 0 bridgehead atoms. The topological polar surface area (TPSA) is 52.3 Å². The summed E-state index contributed by atoms with van der Waals surface area (Å²) in [5, 5.41) is 5.55. The highest BCUT2D eigenvalue weighted by Gasteiger charge is 2.15. The summed E-state index contributed by atoms with van der Waals surface area (Å²) in [4.78, 5) is 12.8. The molecule has 1 aromatic carbocycles. The van der Waals surface area contributed by atoms with Gasteiger partial charge < -0.3 is 4.74 Å². The number of aryl methyl sites for hydroxylation is 1. The Morgan fingerprint density at radius 2 is 1.29 bits per heavy atom. The monoisotopic (exact) mass is 407 g/mol. The molecule has 3 nitrogen and oxygen atoms in total. The molecule has 0 amide bonds. The number of nitrogens with two attached hydrogens (primary N) is 1. The van der Waals surface area contributed by atoms with Crippen LogP contribution in [-0.2, 0) is 16.0 Å². The van der Waals surface area contributed by atoms with Crippen LogP contribution in [0.15, 0.2) is 29.2 Å². The number of rotatable bonds is 15. The normalized spacial score (nSPS) is 11.6. The first-order chi connectivity index (χ1) is 13.4. The third kappa shape index (κ3) is 14.1. The van der Waals surface area contributed by atoms with E-state index in [2.05, 4.69) is 24.3 Å². The third-order valence-electron chi connectivity index (χ3n) is 4.83. The van der Waals surface area contributed by atoms with Crippen LogP contribution < -0.4 is 5.14 Å². The summed E-state index contributed by atoms with van der Waals surface area (Å²) in [5.74, 6) is -0.0564. The number of esters is 1. The predicted octanol–water partition coefficient (Wildman–Crippen LogP) is 7.22. The van der Waals surface area contributed by atoms with E-state index < -0.39 is 0 Å². The molecule has 0 spiro atoms. The standard InChI is InChI=1S/C24H41NO2S/c1-24(2,3)27-23(26)16-14-12-10-8-6-4-5-7-9-11-13-15-21-17-19-22(28-25)20-18-21/h17-20H,4-16,25H2,1-3H3. The van der Waals surface area contributed by atoms with Crippen LogP contribution in [0, 0.1) is 0 Å². The fourth-order valence-corrected chi connectivity index (χ4v) is 3.61. The maximum Gasteiger partial charge on any atom is 0.306 e. The molecule has 1 aromatic rings. The van der Waals surface area contributed by atoms with E-state index in [1.54, 1.807) is 0 Å². The van der Waals surface area contributed by atoms with Crippen LogP contribution >= 0.6 is 11.9 Å². The van der Waals surface area contributed by atoms with Crippen molar-refractivity contribution in [3.8, 4) is 0 Å². The van der Waals surface area contributed by atoms with E-state index in [1.165, 1.54) is 81.7 Å². The first-order valence-corrected chi connectivity index (χ1v) is 12.0. The molecule has 28 heavy (non-hydrogen) atoms. The van der Waals surface area contributed by atoms with E-state index in [9.17, 15) is 4.79 Å². The molecular formula is C24H41NO2S. The molecule has 0 aromatic heterocycles. The smallest absolute Gasteiger partial charge is 0.306 e. The van der Waals surface area contributed by atoms with Crippen molar-refractivity contribution in [2.24, 2.45) is 5.14 Å². The minimum atomic E-state index is -0.355. The fraction of sp³-hybridized carbons (Fsp3) is 0.708. The molecule has 0 aliphatic rings. The summed E-state index contributed by atoms with van der Waals surface area (Å²) < 4.78 is 5.33. The summed E-state index contributed by atoms with van der Waals surface area (Å²) in [6.07, 6.45) is 15.8. The lowest BCUT2D eigenvalue weighted by Crippen LogP contribution is -2.23. The SMILES string of the molecule is CC(C)(C)OC(=O)CCCCCCCCCCCCCc1ccc(SN)cc1. The molecule has 0 aliphatic carbocycles. The lowest BCUT2D eigenvalue weighted by Gasteiger charge is -2.19. The Morgan fingerprint density at radius 1 is 0.821 bits per heavy atom. The van der Waals surface area contributed by atoms with E-state index in [1.807, 2.05) is 20.8 Å². The highest BCUT2D eigenvalue weighted by Crippen LogP contribution is 2.16. The second-order valence-electron chi connectivity index (χ2n) is 8.74. The minimum Gasteiger partial charge on any atom is -0.460 e. The van der Waals surface area contributed by atoms with Crippen LogP contribution in [0.1, 0.15) is 103 Å². The van der Waals surface area contributed by atoms with Crippen LogP contribution in [0.4, 0.5) is 0 Å². The average molecular weight is 408 g/mol. The molecule has 0 unspecified atom stereocenters. The van der Waals surface area contributed by atoms with Crippen LogP contribution in [-0.4, -0.2) is 11.6 Å². The number of unbranched alkanes of at least 4 members (excludes halogenated alkanes) is 10. The Hall–Kier alpha value is -1.00. The maximum absolute atomic E-state index is 11.6. The predicted molar refractivity (Wildman–Crippen MR) is 121 cm³/mol. The van der Waals surface area contributed by atoms with E-state index in [-0.39, 0.29) is 11.6 Å². The molecule has 4 heteroatoms. The van der Waals surface area contributed by atoms with Crippen LogP contribution in [0.2, 0.25) is 0 Å². The zero-order valence-corrected chi connectivity index (χ0v) is 19.1. The molecular weight excluding hydrogens is 366 g/mol. The van der Waals surface area contributed by atoms with Crippen molar-refractivity contribution in [1.29, 1.82) is 0 Å². The van der Waals surface area contributed by atoms with Gasteiger partial charge in [0.1, 0.15) is 5.60 Å². The minimum absolute atomic E-state index is 0.0564. The van der Waals surface area contributed by atoms with Crippen LogP contribution in [0.5, 0.6) is 0 Å². The van der Waals surface area contributed by atoms with Crippen molar-refractivity contribution in [3.05, 3.63) is 29.8 Å². The lowest BCUT2D eigenvalue weighted by molar-refractivity contribution is -0.154. The summed E-state index contributed by atoms with van der Waals surface area (Å²) >= 11 is 1.31. The summed E-state index contributed by atoms with van der Waals surface area (Å²) in [6, 6.07) is 8.61. The van der Waals surface area contributed by atoms with Gasteiger partial charge in [0.25, 0.3) is 0 Å². The number of hydrogen-bond donors (Lipinski definition) is 1. The molecule has 2 N–H and O–H groups in total. The van der Waals surface area contributed by atoms with Gasteiger partial charge in [0.05, 0.1) is 0 Å². The quantitative estimate of drug-likeness (QED) is 0.189. The van der Waals surface area contributed by atoms with E-state index >= 15 is 0 Å². The molecule has 160 valence electrons. The van der Waals surface area contributed by atoms with Crippen LogP contribution in [0.25, 0.3) is 0 Å². The molecule has 0 heterocycles. The zero-order chi connectivity index (χ0) is 20.7. The number of ether oxygens (including phenoxy) is 1. The first kappa shape index (κ1) is 25.0. The van der Waals surface area contributed by atoms with Crippen molar-refractivity contribution >= 4 is 17.9 Å². The van der Waals surface area contributed by atoms with Gasteiger partial charge in [0.15, 0.2) is 0 Å². The number of benzene rings is 1. The zero-order valence-electron chi connectivity index (χ0n) is 18.3. The van der Waals surface area contributed by atoms with Crippen molar-refractivity contribution in [2.45, 2.75) is 115 Å². The Kier molecular flexibility index (Phi) is 13.3. The molecule has 0 radical (unpaired) electrons. The molecule has 1 rings (SSSR count). The van der Waals surface area contributed by atoms with Gasteiger partial charge in [-0.25, -0.2) is 0 Å². The first-order valence-electron chi connectivity index (χ1n) is 11.1. The van der Waals surface area contributed by atoms with E-state index in [0.29, 0.717) is 6.42 Å². The molecule has 0 atom stereocenters. The lowest BCUT2D eigenvalue weighted by atomic mass is 10.0. The van der Waals surface area contributed by atoms with Gasteiger partial charge in [-0.1, -0.05) is 69.9 Å². The molecule has 0 fully saturated rings. The Morgan fingerprint density at radius 3 is 1.75 bits per heavy atom. The van der Waals surface area contributed by atoms with E-state index in [4.69, 9.17) is 9.88 Å². The van der Waals surface area contributed by atoms with Gasteiger partial charge in [0.2, 0.25) is 0 Å². The number of hydrogen-bond acceptors (Lipinski definition) is 4. The van der Waals surface area contributed by atoms with Gasteiger partial charge in [-0.05, 0) is 69.7 Å². The van der Waals surface area contributed by atoms with Gasteiger partial charge in [0, 0.05) is 11.3 Å². The van der Waals surface area contributed by atoms with Crippen LogP contribution in [0.3, 0.4) is 0 Å². The fourth-order valence-electron chi connectivity index (χ4n) is 3.32. The van der Waals surface area contributed by atoms with Crippen molar-refractivity contribution in [2.75, 3.05) is 0 Å². The summed E-state index contributed by atoms with van der Waals surface area (Å²) in [7, 11) is 0. The van der Waals surface area contributed by atoms with Crippen molar-refractivity contribution in [3.63, 3.8) is 0 Å². The molecule has 0 saturated heterocycles. The number of carbonyl (C=O) groups excluding carboxylic acids is 1. The average Bonchev–Trinajstić information content (AvgIpc) is 2.64. The Balaban J connectivity index is 1.83. The third-order valence-corrected chi connectivity index (χ3v) is 5.37. The van der Waals surface area contributed by atoms with E-state index in [0.717, 1.165) is 17.7 Å². The van der Waals surface area contributed by atoms with Gasteiger partial charge in [-0.15, -0.1) is 0 Å². The summed E-state index contributed by atoms with van der Waals surface area (Å²) in [6.45, 7) is 5.77. The highest BCUT2D eigenvalue weighted by atomic mass is 32.2. The van der Waals surface area contributed by atoms with Gasteiger partial charge >= 0.3 is 5.97 Å². The van der Waals surface area contributed by atoms with Crippen molar-refractivity contribution in [1.82, 2.24) is 0 Å². The highest BCUT2D eigenvalue weighted by molar-refractivity contribution is 7.97. The summed E-state index contributed by atoms with van der Waals surface area (Å²) in [5.41, 5.74) is 1.07. The van der Waals surface area contributed by atoms with Gasteiger partial charge in [-0.3, -0.25) is 9.93 Å². The number of carbonyl (C=O) groups is 1. The van der Waals surface area contributed by atoms with Gasteiger partial charge in [-0.2, -0.15) is 0 Å². The second kappa shape index (κ2) is 14.9. The maximum atomic E-state index is 11.6. The van der Waals surface area contributed by atoms with Crippen molar-refractivity contribution < 1.29 is 9.53 Å². The second-order valence-corrected chi connectivity index (χ2v) is 9.44.